The maximum Gasteiger partial charge on any atom is 0.130 e. The van der Waals surface area contributed by atoms with E-state index < -0.39 is 0 Å². The molecular formula is C15H26N4S. The number of hydrogen-bond donors (Lipinski definition) is 1. The molecular weight excluding hydrogens is 268 g/mol. The van der Waals surface area contributed by atoms with E-state index in [4.69, 9.17) is 0 Å². The van der Waals surface area contributed by atoms with Crippen molar-refractivity contribution in [2.45, 2.75) is 43.2 Å². The minimum absolute atomic E-state index is 0.252. The Morgan fingerprint density at radius 1 is 1.45 bits per heavy atom. The lowest BCUT2D eigenvalue weighted by Gasteiger charge is -2.45. The van der Waals surface area contributed by atoms with Gasteiger partial charge in [-0.25, -0.2) is 9.97 Å². The van der Waals surface area contributed by atoms with Gasteiger partial charge in [-0.05, 0) is 39.1 Å². The Morgan fingerprint density at radius 2 is 2.25 bits per heavy atom. The summed E-state index contributed by atoms with van der Waals surface area (Å²) in [6, 6.07) is 2.03. The maximum atomic E-state index is 4.33. The Labute approximate surface area is 126 Å². The largest absolute Gasteiger partial charge is 0.368 e. The summed E-state index contributed by atoms with van der Waals surface area (Å²) in [5.74, 6) is 1.74. The highest BCUT2D eigenvalue weighted by Crippen LogP contribution is 2.35. The van der Waals surface area contributed by atoms with E-state index in [1.807, 2.05) is 12.3 Å². The van der Waals surface area contributed by atoms with Crippen LogP contribution in [0.25, 0.3) is 0 Å². The first kappa shape index (κ1) is 15.6. The Morgan fingerprint density at radius 3 is 2.90 bits per heavy atom. The van der Waals surface area contributed by atoms with Gasteiger partial charge in [-0.15, -0.1) is 11.8 Å². The van der Waals surface area contributed by atoms with Crippen LogP contribution in [-0.2, 0) is 0 Å². The first-order valence-electron chi connectivity index (χ1n) is 7.33. The van der Waals surface area contributed by atoms with Gasteiger partial charge in [0.05, 0.1) is 0 Å². The molecule has 2 unspecified atom stereocenters. The quantitative estimate of drug-likeness (QED) is 0.667. The summed E-state index contributed by atoms with van der Waals surface area (Å²) in [7, 11) is 4.40. The topological polar surface area (TPSA) is 41.0 Å². The highest BCUT2D eigenvalue weighted by atomic mass is 32.2. The molecule has 0 aliphatic heterocycles. The average Bonchev–Trinajstić information content (AvgIpc) is 2.45. The predicted molar refractivity (Wildman–Crippen MR) is 86.4 cm³/mol. The molecule has 0 spiro atoms. The fourth-order valence-electron chi connectivity index (χ4n) is 3.16. The van der Waals surface area contributed by atoms with Gasteiger partial charge in [-0.1, -0.05) is 19.8 Å². The number of nitrogens with zero attached hydrogens (tertiary/aromatic N) is 3. The second kappa shape index (κ2) is 6.76. The molecule has 1 fully saturated rings. The Hall–Kier alpha value is -0.810. The molecule has 0 saturated heterocycles. The molecule has 0 radical (unpaired) electrons. The molecule has 1 saturated carbocycles. The molecule has 0 bridgehead atoms. The fourth-order valence-corrected chi connectivity index (χ4v) is 3.54. The molecule has 112 valence electrons. The molecule has 4 nitrogen and oxygen atoms in total. The molecule has 0 amide bonds. The van der Waals surface area contributed by atoms with Crippen molar-refractivity contribution in [1.82, 2.24) is 14.9 Å². The van der Waals surface area contributed by atoms with Gasteiger partial charge in [-0.2, -0.15) is 0 Å². The molecule has 1 aromatic heterocycles. The van der Waals surface area contributed by atoms with Gasteiger partial charge in [0.1, 0.15) is 17.2 Å². The lowest BCUT2D eigenvalue weighted by molar-refractivity contribution is 0.0881. The number of thioether (sulfide) groups is 1. The fraction of sp³-hybridized carbons (Fsp3) is 0.733. The van der Waals surface area contributed by atoms with Crippen molar-refractivity contribution >= 4 is 17.6 Å². The molecule has 5 heteroatoms. The van der Waals surface area contributed by atoms with E-state index >= 15 is 0 Å². The van der Waals surface area contributed by atoms with Gasteiger partial charge >= 0.3 is 0 Å². The minimum atomic E-state index is 0.252. The van der Waals surface area contributed by atoms with Gasteiger partial charge in [0.25, 0.3) is 0 Å². The third-order valence-corrected chi connectivity index (χ3v) is 5.11. The smallest absolute Gasteiger partial charge is 0.130 e. The lowest BCUT2D eigenvalue weighted by atomic mass is 9.75. The van der Waals surface area contributed by atoms with Gasteiger partial charge in [0.2, 0.25) is 0 Å². The van der Waals surface area contributed by atoms with Crippen molar-refractivity contribution in [2.24, 2.45) is 5.92 Å². The normalized spacial score (nSPS) is 26.8. The van der Waals surface area contributed by atoms with Crippen LogP contribution >= 0.6 is 11.8 Å². The number of nitrogens with one attached hydrogen (secondary N) is 1. The van der Waals surface area contributed by atoms with Crippen molar-refractivity contribution in [3.8, 4) is 0 Å². The summed E-state index contributed by atoms with van der Waals surface area (Å²) in [6.07, 6.45) is 8.88. The molecule has 20 heavy (non-hydrogen) atoms. The predicted octanol–water partition coefficient (Wildman–Crippen LogP) is 3.12. The Bertz CT molecular complexity index is 438. The first-order chi connectivity index (χ1) is 9.55. The van der Waals surface area contributed by atoms with Gasteiger partial charge in [0.15, 0.2) is 0 Å². The summed E-state index contributed by atoms with van der Waals surface area (Å²) < 4.78 is 0. The highest BCUT2D eigenvalue weighted by Gasteiger charge is 2.36. The molecule has 1 heterocycles. The van der Waals surface area contributed by atoms with E-state index in [-0.39, 0.29) is 5.54 Å². The van der Waals surface area contributed by atoms with Gasteiger partial charge < -0.3 is 10.2 Å². The van der Waals surface area contributed by atoms with Crippen molar-refractivity contribution in [3.63, 3.8) is 0 Å². The van der Waals surface area contributed by atoms with Crippen LogP contribution in [0.1, 0.15) is 32.6 Å². The third-order valence-electron chi connectivity index (χ3n) is 4.47. The molecule has 2 atom stereocenters. The standard InChI is InChI=1S/C15H26N4S/c1-12-6-5-7-15(9-12,19(2)3)10-16-13-8-14(20-4)18-11-17-13/h8,11-12H,5-7,9-10H2,1-4H3,(H,16,17,18). The van der Waals surface area contributed by atoms with Crippen LogP contribution in [0, 0.1) is 5.92 Å². The SMILES string of the molecule is CSc1cc(NCC2(N(C)C)CCCC(C)C2)ncn1. The highest BCUT2D eigenvalue weighted by molar-refractivity contribution is 7.98. The summed E-state index contributed by atoms with van der Waals surface area (Å²) in [6.45, 7) is 3.32. The summed E-state index contributed by atoms with van der Waals surface area (Å²) in [5, 5.41) is 4.54. The van der Waals surface area contributed by atoms with Crippen molar-refractivity contribution in [1.29, 1.82) is 0 Å². The van der Waals surface area contributed by atoms with Crippen LogP contribution in [0.4, 0.5) is 5.82 Å². The van der Waals surface area contributed by atoms with Gasteiger partial charge in [0, 0.05) is 18.2 Å². The van der Waals surface area contributed by atoms with Crippen LogP contribution < -0.4 is 5.32 Å². The monoisotopic (exact) mass is 294 g/mol. The average molecular weight is 294 g/mol. The van der Waals surface area contributed by atoms with Crippen LogP contribution in [0.15, 0.2) is 17.4 Å². The van der Waals surface area contributed by atoms with Crippen molar-refractivity contribution in [3.05, 3.63) is 12.4 Å². The van der Waals surface area contributed by atoms with E-state index in [0.29, 0.717) is 0 Å². The number of hydrogen-bond acceptors (Lipinski definition) is 5. The zero-order valence-electron chi connectivity index (χ0n) is 13.0. The Kier molecular flexibility index (Phi) is 5.27. The van der Waals surface area contributed by atoms with E-state index in [1.54, 1.807) is 18.1 Å². The van der Waals surface area contributed by atoms with Gasteiger partial charge in [-0.3, -0.25) is 0 Å². The second-order valence-corrected chi connectivity index (χ2v) is 6.95. The molecule has 2 rings (SSSR count). The number of anilines is 1. The van der Waals surface area contributed by atoms with E-state index in [0.717, 1.165) is 23.3 Å². The number of aromatic nitrogens is 2. The van der Waals surface area contributed by atoms with Crippen LogP contribution in [0.5, 0.6) is 0 Å². The van der Waals surface area contributed by atoms with Crippen LogP contribution in [0.2, 0.25) is 0 Å². The van der Waals surface area contributed by atoms with Crippen LogP contribution in [-0.4, -0.2) is 47.3 Å². The zero-order valence-corrected chi connectivity index (χ0v) is 13.8. The molecule has 0 aromatic carbocycles. The Balaban J connectivity index is 2.05. The molecule has 1 aliphatic rings. The number of rotatable bonds is 5. The first-order valence-corrected chi connectivity index (χ1v) is 8.55. The zero-order chi connectivity index (χ0) is 14.6. The number of likely N-dealkylation sites (N-methyl/N-ethyl adjacent to an activating group) is 1. The van der Waals surface area contributed by atoms with E-state index in [2.05, 4.69) is 41.2 Å². The van der Waals surface area contributed by atoms with Crippen LogP contribution in [0.3, 0.4) is 0 Å². The van der Waals surface area contributed by atoms with Crippen molar-refractivity contribution in [2.75, 3.05) is 32.2 Å². The summed E-state index contributed by atoms with van der Waals surface area (Å²) >= 11 is 1.65. The lowest BCUT2D eigenvalue weighted by Crippen LogP contribution is -2.52. The molecule has 1 N–H and O–H groups in total. The van der Waals surface area contributed by atoms with E-state index in [1.165, 1.54) is 25.7 Å². The van der Waals surface area contributed by atoms with E-state index in [9.17, 15) is 0 Å². The maximum absolute atomic E-state index is 4.33. The third kappa shape index (κ3) is 3.64. The second-order valence-electron chi connectivity index (χ2n) is 6.12. The summed E-state index contributed by atoms with van der Waals surface area (Å²) in [5.41, 5.74) is 0.252. The summed E-state index contributed by atoms with van der Waals surface area (Å²) in [4.78, 5) is 10.9. The minimum Gasteiger partial charge on any atom is -0.368 e. The van der Waals surface area contributed by atoms with Crippen molar-refractivity contribution < 1.29 is 0 Å². The molecule has 1 aromatic rings. The molecule has 1 aliphatic carbocycles.